The number of benzene rings is 1. The van der Waals surface area contributed by atoms with E-state index in [1.54, 1.807) is 35.1 Å². The minimum absolute atomic E-state index is 0.188. The molecule has 4 nitrogen and oxygen atoms in total. The molecular formula is C13H10FN3O. The molecule has 0 aliphatic rings. The van der Waals surface area contributed by atoms with Crippen LogP contribution in [0.25, 0.3) is 16.9 Å². The van der Waals surface area contributed by atoms with Gasteiger partial charge in [-0.05, 0) is 18.2 Å². The van der Waals surface area contributed by atoms with Gasteiger partial charge in [0.05, 0.1) is 12.2 Å². The molecule has 0 amide bonds. The van der Waals surface area contributed by atoms with Crippen LogP contribution in [0.2, 0.25) is 0 Å². The second-order valence-corrected chi connectivity index (χ2v) is 3.88. The average molecular weight is 243 g/mol. The summed E-state index contributed by atoms with van der Waals surface area (Å²) in [7, 11) is 0. The minimum Gasteiger partial charge on any atom is -0.391 e. The summed E-state index contributed by atoms with van der Waals surface area (Å²) in [6.07, 6.45) is 3.37. The maximum atomic E-state index is 13.2. The molecule has 0 aliphatic heterocycles. The molecule has 18 heavy (non-hydrogen) atoms. The van der Waals surface area contributed by atoms with Gasteiger partial charge in [0.25, 0.3) is 0 Å². The lowest BCUT2D eigenvalue weighted by molar-refractivity contribution is 0.283. The fraction of sp³-hybridized carbons (Fsp3) is 0.0769. The van der Waals surface area contributed by atoms with Crippen LogP contribution in [0.5, 0.6) is 0 Å². The molecule has 2 aromatic heterocycles. The first kappa shape index (κ1) is 10.9. The van der Waals surface area contributed by atoms with Crippen LogP contribution in [0.1, 0.15) is 5.56 Å². The second kappa shape index (κ2) is 4.19. The van der Waals surface area contributed by atoms with Gasteiger partial charge in [0.2, 0.25) is 0 Å². The van der Waals surface area contributed by atoms with Gasteiger partial charge in [-0.2, -0.15) is 5.10 Å². The third kappa shape index (κ3) is 1.65. The molecule has 5 heteroatoms. The number of fused-ring (bicyclic) bond motifs is 1. The summed E-state index contributed by atoms with van der Waals surface area (Å²) in [5, 5.41) is 13.8. The zero-order chi connectivity index (χ0) is 12.5. The summed E-state index contributed by atoms with van der Waals surface area (Å²) in [5.74, 6) is -0.332. The molecular weight excluding hydrogens is 233 g/mol. The number of aliphatic hydroxyl groups is 1. The van der Waals surface area contributed by atoms with Gasteiger partial charge in [0, 0.05) is 18.0 Å². The van der Waals surface area contributed by atoms with Crippen molar-refractivity contribution in [1.82, 2.24) is 14.6 Å². The van der Waals surface area contributed by atoms with Crippen molar-refractivity contribution in [2.75, 3.05) is 0 Å². The van der Waals surface area contributed by atoms with Crippen molar-refractivity contribution < 1.29 is 9.50 Å². The van der Waals surface area contributed by atoms with Crippen LogP contribution in [-0.4, -0.2) is 19.7 Å². The lowest BCUT2D eigenvalue weighted by Crippen LogP contribution is -1.89. The van der Waals surface area contributed by atoms with Crippen molar-refractivity contribution in [2.24, 2.45) is 0 Å². The zero-order valence-corrected chi connectivity index (χ0v) is 9.42. The van der Waals surface area contributed by atoms with E-state index in [4.69, 9.17) is 0 Å². The van der Waals surface area contributed by atoms with Gasteiger partial charge in [-0.15, -0.1) is 0 Å². The third-order valence-electron chi connectivity index (χ3n) is 2.75. The molecule has 0 aliphatic carbocycles. The Bertz CT molecular complexity index is 708. The Morgan fingerprint density at radius 3 is 2.94 bits per heavy atom. The van der Waals surface area contributed by atoms with Crippen molar-refractivity contribution in [3.63, 3.8) is 0 Å². The monoisotopic (exact) mass is 243 g/mol. The topological polar surface area (TPSA) is 50.4 Å². The number of nitrogens with zero attached hydrogens (tertiary/aromatic N) is 3. The molecule has 0 saturated carbocycles. The summed E-state index contributed by atoms with van der Waals surface area (Å²) in [4.78, 5) is 4.17. The predicted molar refractivity (Wildman–Crippen MR) is 64.3 cm³/mol. The Kier molecular flexibility index (Phi) is 2.53. The molecule has 0 atom stereocenters. The molecule has 90 valence electrons. The molecule has 0 bridgehead atoms. The van der Waals surface area contributed by atoms with Gasteiger partial charge < -0.3 is 5.11 Å². The van der Waals surface area contributed by atoms with Crippen LogP contribution < -0.4 is 0 Å². The summed E-state index contributed by atoms with van der Waals surface area (Å²) in [6, 6.07) is 7.88. The van der Waals surface area contributed by atoms with Crippen LogP contribution in [0.4, 0.5) is 4.39 Å². The van der Waals surface area contributed by atoms with E-state index >= 15 is 0 Å². The zero-order valence-electron chi connectivity index (χ0n) is 9.42. The largest absolute Gasteiger partial charge is 0.391 e. The Morgan fingerprint density at radius 1 is 1.28 bits per heavy atom. The molecule has 1 aromatic carbocycles. The van der Waals surface area contributed by atoms with Crippen molar-refractivity contribution in [3.05, 3.63) is 54.1 Å². The molecule has 0 saturated heterocycles. The third-order valence-corrected chi connectivity index (χ3v) is 2.75. The van der Waals surface area contributed by atoms with Crippen molar-refractivity contribution in [2.45, 2.75) is 6.61 Å². The van der Waals surface area contributed by atoms with Crippen molar-refractivity contribution in [1.29, 1.82) is 0 Å². The fourth-order valence-electron chi connectivity index (χ4n) is 1.95. The van der Waals surface area contributed by atoms with E-state index in [-0.39, 0.29) is 12.4 Å². The highest BCUT2D eigenvalue weighted by atomic mass is 19.1. The van der Waals surface area contributed by atoms with E-state index in [1.807, 2.05) is 0 Å². The van der Waals surface area contributed by atoms with E-state index in [1.165, 1.54) is 12.1 Å². The highest BCUT2D eigenvalue weighted by Crippen LogP contribution is 2.25. The molecule has 1 N–H and O–H groups in total. The average Bonchev–Trinajstić information content (AvgIpc) is 2.77. The van der Waals surface area contributed by atoms with E-state index < -0.39 is 0 Å². The SMILES string of the molecule is OCc1c(-c2cccc(F)c2)nn2cccnc12. The molecule has 2 heterocycles. The maximum Gasteiger partial charge on any atom is 0.161 e. The van der Waals surface area contributed by atoms with Gasteiger partial charge in [0.1, 0.15) is 11.5 Å². The molecule has 0 spiro atoms. The highest BCUT2D eigenvalue weighted by Gasteiger charge is 2.14. The normalized spacial score (nSPS) is 11.0. The van der Waals surface area contributed by atoms with E-state index in [0.717, 1.165) is 0 Å². The first-order valence-electron chi connectivity index (χ1n) is 5.48. The predicted octanol–water partition coefficient (Wildman–Crippen LogP) is 2.03. The van der Waals surface area contributed by atoms with Crippen LogP contribution >= 0.6 is 0 Å². The fourth-order valence-corrected chi connectivity index (χ4v) is 1.95. The molecule has 3 aromatic rings. The van der Waals surface area contributed by atoms with Gasteiger partial charge in [0.15, 0.2) is 5.65 Å². The number of hydrogen-bond donors (Lipinski definition) is 1. The quantitative estimate of drug-likeness (QED) is 0.749. The van der Waals surface area contributed by atoms with E-state index in [2.05, 4.69) is 10.1 Å². The molecule has 3 rings (SSSR count). The summed E-state index contributed by atoms with van der Waals surface area (Å²) < 4.78 is 14.8. The minimum atomic E-state index is -0.332. The Hall–Kier alpha value is -2.27. The molecule has 0 unspecified atom stereocenters. The van der Waals surface area contributed by atoms with Gasteiger partial charge in [-0.3, -0.25) is 0 Å². The number of aliphatic hydroxyl groups excluding tert-OH is 1. The number of halogens is 1. The van der Waals surface area contributed by atoms with E-state index in [0.29, 0.717) is 22.5 Å². The van der Waals surface area contributed by atoms with Crippen LogP contribution in [0.15, 0.2) is 42.7 Å². The van der Waals surface area contributed by atoms with Gasteiger partial charge in [-0.25, -0.2) is 13.9 Å². The first-order valence-corrected chi connectivity index (χ1v) is 5.48. The summed E-state index contributed by atoms with van der Waals surface area (Å²) >= 11 is 0. The lowest BCUT2D eigenvalue weighted by atomic mass is 10.1. The van der Waals surface area contributed by atoms with Gasteiger partial charge >= 0.3 is 0 Å². The standard InChI is InChI=1S/C13H10FN3O/c14-10-4-1-3-9(7-10)12-11(8-18)13-15-5-2-6-17(13)16-12/h1-7,18H,8H2. The van der Waals surface area contributed by atoms with Crippen molar-refractivity contribution >= 4 is 5.65 Å². The van der Waals surface area contributed by atoms with E-state index in [9.17, 15) is 9.50 Å². The Balaban J connectivity index is 2.28. The maximum absolute atomic E-state index is 13.2. The smallest absolute Gasteiger partial charge is 0.161 e. The number of hydrogen-bond acceptors (Lipinski definition) is 3. The Morgan fingerprint density at radius 2 is 2.17 bits per heavy atom. The van der Waals surface area contributed by atoms with Gasteiger partial charge in [-0.1, -0.05) is 12.1 Å². The number of rotatable bonds is 2. The highest BCUT2D eigenvalue weighted by molar-refractivity contribution is 5.70. The van der Waals surface area contributed by atoms with Crippen LogP contribution in [0, 0.1) is 5.82 Å². The Labute approximate surface area is 102 Å². The van der Waals surface area contributed by atoms with Crippen LogP contribution in [-0.2, 0) is 6.61 Å². The molecule has 0 radical (unpaired) electrons. The van der Waals surface area contributed by atoms with Crippen molar-refractivity contribution in [3.8, 4) is 11.3 Å². The second-order valence-electron chi connectivity index (χ2n) is 3.88. The number of aromatic nitrogens is 3. The summed E-state index contributed by atoms with van der Waals surface area (Å²) in [6.45, 7) is -0.188. The first-order chi connectivity index (χ1) is 8.79. The van der Waals surface area contributed by atoms with Crippen LogP contribution in [0.3, 0.4) is 0 Å². The lowest BCUT2D eigenvalue weighted by Gasteiger charge is -1.99. The molecule has 0 fully saturated rings. The summed E-state index contributed by atoms with van der Waals surface area (Å²) in [5.41, 5.74) is 2.36.